The maximum absolute atomic E-state index is 11.1. The van der Waals surface area contributed by atoms with Crippen LogP contribution in [0.1, 0.15) is 26.2 Å². The van der Waals surface area contributed by atoms with Gasteiger partial charge in [-0.2, -0.15) is 0 Å². The molecule has 0 heterocycles. The van der Waals surface area contributed by atoms with E-state index >= 15 is 0 Å². The Balaban J connectivity index is 2.00. The molecule has 19 heavy (non-hydrogen) atoms. The van der Waals surface area contributed by atoms with Crippen LogP contribution in [0.2, 0.25) is 4.82 Å². The van der Waals surface area contributed by atoms with Crippen molar-refractivity contribution in [3.05, 3.63) is 42.5 Å². The fourth-order valence-electron chi connectivity index (χ4n) is 2.29. The van der Waals surface area contributed by atoms with Gasteiger partial charge in [0.15, 0.2) is 0 Å². The molecule has 2 rings (SSSR count). The molecule has 1 aromatic rings. The number of carbonyl (C=O) groups excluding carboxylic acids is 1. The van der Waals surface area contributed by atoms with Crippen molar-refractivity contribution in [2.24, 2.45) is 5.92 Å². The van der Waals surface area contributed by atoms with E-state index in [1.807, 2.05) is 6.07 Å². The van der Waals surface area contributed by atoms with Gasteiger partial charge >= 0.3 is 121 Å². The Morgan fingerprint density at radius 3 is 2.79 bits per heavy atom. The molecule has 0 N–H and O–H groups in total. The van der Waals surface area contributed by atoms with Gasteiger partial charge in [-0.15, -0.1) is 0 Å². The van der Waals surface area contributed by atoms with Gasteiger partial charge in [-0.05, 0) is 0 Å². The van der Waals surface area contributed by atoms with Crippen molar-refractivity contribution in [1.82, 2.24) is 0 Å². The number of hydrogen-bond acceptors (Lipinski definition) is 2. The van der Waals surface area contributed by atoms with E-state index in [1.54, 1.807) is 0 Å². The van der Waals surface area contributed by atoms with Gasteiger partial charge in [0.2, 0.25) is 0 Å². The molecular weight excluding hydrogens is 303 g/mol. The van der Waals surface area contributed by atoms with Crippen LogP contribution in [0.3, 0.4) is 0 Å². The molecule has 0 unspecified atom stereocenters. The molecule has 2 nitrogen and oxygen atoms in total. The summed E-state index contributed by atoms with van der Waals surface area (Å²) in [6.45, 7) is 2.07. The number of ether oxygens (including phenoxy) is 1. The van der Waals surface area contributed by atoms with Crippen LogP contribution in [-0.2, 0) is 9.53 Å². The van der Waals surface area contributed by atoms with Crippen molar-refractivity contribution in [2.45, 2.75) is 31.0 Å². The fraction of sp³-hybridized carbons (Fsp3) is 0.438. The van der Waals surface area contributed by atoms with Crippen LogP contribution in [0.4, 0.5) is 0 Å². The molecule has 1 aliphatic rings. The molecule has 0 radical (unpaired) electrons. The van der Waals surface area contributed by atoms with Crippen molar-refractivity contribution in [2.75, 3.05) is 6.61 Å². The third kappa shape index (κ3) is 4.85. The third-order valence-electron chi connectivity index (χ3n) is 3.32. The summed E-state index contributed by atoms with van der Waals surface area (Å²) >= 11 is 0.368. The van der Waals surface area contributed by atoms with Crippen molar-refractivity contribution in [3.63, 3.8) is 0 Å². The minimum atomic E-state index is -0.166. The number of esters is 1. The number of rotatable bonds is 5. The van der Waals surface area contributed by atoms with Crippen LogP contribution < -0.4 is 4.46 Å². The molecule has 0 aromatic heterocycles. The van der Waals surface area contributed by atoms with Gasteiger partial charge in [0, 0.05) is 0 Å². The average molecular weight is 323 g/mol. The van der Waals surface area contributed by atoms with Gasteiger partial charge in [-0.3, -0.25) is 0 Å². The van der Waals surface area contributed by atoms with E-state index in [0.717, 1.165) is 12.8 Å². The van der Waals surface area contributed by atoms with Crippen LogP contribution >= 0.6 is 0 Å². The van der Waals surface area contributed by atoms with Gasteiger partial charge in [0.05, 0.1) is 0 Å². The summed E-state index contributed by atoms with van der Waals surface area (Å²) in [5, 5.41) is 0. The normalized spacial score (nSPS) is 19.9. The molecule has 102 valence electrons. The topological polar surface area (TPSA) is 26.3 Å². The SMILES string of the molecule is CC(=O)OC[C@H]([Se]c1ccccc1)[C@@H]1CC=CCC1. The minimum absolute atomic E-state index is 0.166. The molecular formula is C16H20O2Se. The van der Waals surface area contributed by atoms with Crippen molar-refractivity contribution < 1.29 is 9.53 Å². The Labute approximate surface area is 121 Å². The van der Waals surface area contributed by atoms with E-state index in [0.29, 0.717) is 32.3 Å². The van der Waals surface area contributed by atoms with E-state index in [1.165, 1.54) is 17.8 Å². The summed E-state index contributed by atoms with van der Waals surface area (Å²) in [7, 11) is 0. The Kier molecular flexibility index (Phi) is 5.68. The van der Waals surface area contributed by atoms with Crippen LogP contribution in [0, 0.1) is 5.92 Å². The van der Waals surface area contributed by atoms with Crippen molar-refractivity contribution in [3.8, 4) is 0 Å². The summed E-state index contributed by atoms with van der Waals surface area (Å²) in [5.41, 5.74) is 0. The molecule has 0 bridgehead atoms. The molecule has 1 aliphatic carbocycles. The predicted molar refractivity (Wildman–Crippen MR) is 78.7 cm³/mol. The van der Waals surface area contributed by atoms with Crippen LogP contribution in [-0.4, -0.2) is 27.5 Å². The van der Waals surface area contributed by atoms with E-state index < -0.39 is 0 Å². The summed E-state index contributed by atoms with van der Waals surface area (Å²) in [4.78, 5) is 11.5. The summed E-state index contributed by atoms with van der Waals surface area (Å²) in [6, 6.07) is 10.6. The zero-order valence-corrected chi connectivity index (χ0v) is 13.0. The monoisotopic (exact) mass is 324 g/mol. The second-order valence-electron chi connectivity index (χ2n) is 4.82. The van der Waals surface area contributed by atoms with E-state index in [9.17, 15) is 4.79 Å². The van der Waals surface area contributed by atoms with Gasteiger partial charge < -0.3 is 0 Å². The Morgan fingerprint density at radius 1 is 1.37 bits per heavy atom. The Hall–Kier alpha value is -1.05. The Bertz CT molecular complexity index is 428. The Morgan fingerprint density at radius 2 is 2.16 bits per heavy atom. The molecule has 0 saturated heterocycles. The molecule has 0 fully saturated rings. The molecule has 1 aromatic carbocycles. The average Bonchev–Trinajstić information content (AvgIpc) is 2.45. The van der Waals surface area contributed by atoms with Gasteiger partial charge in [-0.1, -0.05) is 0 Å². The zero-order valence-electron chi connectivity index (χ0n) is 11.2. The molecule has 0 aliphatic heterocycles. The molecule has 2 atom stereocenters. The number of allylic oxidation sites excluding steroid dienone is 2. The summed E-state index contributed by atoms with van der Waals surface area (Å²) < 4.78 is 6.67. The van der Waals surface area contributed by atoms with Gasteiger partial charge in [-0.25, -0.2) is 0 Å². The molecule has 0 spiro atoms. The van der Waals surface area contributed by atoms with Crippen LogP contribution in [0.15, 0.2) is 42.5 Å². The number of carbonyl (C=O) groups is 1. The van der Waals surface area contributed by atoms with Crippen LogP contribution in [0.5, 0.6) is 0 Å². The number of benzene rings is 1. The first kappa shape index (κ1) is 14.4. The van der Waals surface area contributed by atoms with E-state index in [4.69, 9.17) is 4.74 Å². The van der Waals surface area contributed by atoms with Crippen LogP contribution in [0.25, 0.3) is 0 Å². The molecule has 0 amide bonds. The maximum atomic E-state index is 11.1. The molecule has 3 heteroatoms. The van der Waals surface area contributed by atoms with Crippen molar-refractivity contribution >= 4 is 25.4 Å². The first-order chi connectivity index (χ1) is 9.25. The van der Waals surface area contributed by atoms with Gasteiger partial charge in [0.25, 0.3) is 0 Å². The first-order valence-electron chi connectivity index (χ1n) is 6.76. The zero-order chi connectivity index (χ0) is 13.5. The quantitative estimate of drug-likeness (QED) is 0.473. The summed E-state index contributed by atoms with van der Waals surface area (Å²) in [5.74, 6) is 0.491. The third-order valence-corrected chi connectivity index (χ3v) is 6.19. The predicted octanol–water partition coefficient (Wildman–Crippen LogP) is 2.72. The number of hydrogen-bond donors (Lipinski definition) is 0. The van der Waals surface area contributed by atoms with Gasteiger partial charge in [0.1, 0.15) is 0 Å². The second kappa shape index (κ2) is 7.52. The summed E-state index contributed by atoms with van der Waals surface area (Å²) in [6.07, 6.45) is 8.04. The fourth-order valence-corrected chi connectivity index (χ4v) is 4.90. The van der Waals surface area contributed by atoms with E-state index in [2.05, 4.69) is 36.4 Å². The first-order valence-corrected chi connectivity index (χ1v) is 8.60. The molecule has 0 saturated carbocycles. The standard InChI is InChI=1S/C16H20O2Se/c1-13(17)18-12-16(14-8-4-2-5-9-14)19-15-10-6-3-7-11-15/h2-4,6-7,10-11,14,16H,5,8-9,12H2,1H3/t14-,16+/m1/s1. The van der Waals surface area contributed by atoms with Crippen molar-refractivity contribution in [1.29, 1.82) is 0 Å². The van der Waals surface area contributed by atoms with E-state index in [-0.39, 0.29) is 5.97 Å². The second-order valence-corrected chi connectivity index (χ2v) is 7.57.